The third-order valence-corrected chi connectivity index (χ3v) is 4.36. The molecule has 0 aliphatic carbocycles. The summed E-state index contributed by atoms with van der Waals surface area (Å²) in [5.41, 5.74) is 4.55. The molecule has 5 heteroatoms. The van der Waals surface area contributed by atoms with E-state index in [1.807, 2.05) is 38.5 Å². The zero-order chi connectivity index (χ0) is 18.4. The van der Waals surface area contributed by atoms with Crippen molar-refractivity contribution in [1.29, 1.82) is 0 Å². The van der Waals surface area contributed by atoms with Crippen LogP contribution in [0.1, 0.15) is 11.3 Å². The first-order valence-corrected chi connectivity index (χ1v) is 8.69. The van der Waals surface area contributed by atoms with E-state index in [9.17, 15) is 0 Å². The fourth-order valence-corrected chi connectivity index (χ4v) is 2.92. The molecule has 1 aromatic carbocycles. The van der Waals surface area contributed by atoms with Gasteiger partial charge in [0, 0.05) is 51.3 Å². The summed E-state index contributed by atoms with van der Waals surface area (Å²) >= 11 is 0. The summed E-state index contributed by atoms with van der Waals surface area (Å²) in [6.07, 6.45) is 3.88. The zero-order valence-electron chi connectivity index (χ0n) is 15.6. The number of pyridine rings is 1. The molecule has 26 heavy (non-hydrogen) atoms. The summed E-state index contributed by atoms with van der Waals surface area (Å²) in [5, 5.41) is 3.44. The van der Waals surface area contributed by atoms with Crippen LogP contribution < -0.4 is 5.32 Å². The van der Waals surface area contributed by atoms with Crippen LogP contribution in [0.2, 0.25) is 0 Å². The van der Waals surface area contributed by atoms with Gasteiger partial charge in [-0.1, -0.05) is 24.3 Å². The van der Waals surface area contributed by atoms with Gasteiger partial charge < -0.3 is 14.8 Å². The molecule has 0 bridgehead atoms. The fraction of sp³-hybridized carbons (Fsp3) is 0.238. The maximum atomic E-state index is 4.43. The number of nitrogens with zero attached hydrogens (tertiary/aromatic N) is 4. The van der Waals surface area contributed by atoms with Crippen LogP contribution in [0.3, 0.4) is 0 Å². The van der Waals surface area contributed by atoms with Gasteiger partial charge in [0.25, 0.3) is 0 Å². The third kappa shape index (κ3) is 4.30. The van der Waals surface area contributed by atoms with Gasteiger partial charge in [-0.15, -0.1) is 0 Å². The Morgan fingerprint density at radius 2 is 2.04 bits per heavy atom. The predicted molar refractivity (Wildman–Crippen MR) is 107 cm³/mol. The fourth-order valence-electron chi connectivity index (χ4n) is 2.92. The van der Waals surface area contributed by atoms with Crippen LogP contribution in [-0.2, 0) is 20.1 Å². The van der Waals surface area contributed by atoms with Gasteiger partial charge in [0.1, 0.15) is 0 Å². The molecule has 0 radical (unpaired) electrons. The van der Waals surface area contributed by atoms with E-state index in [4.69, 9.17) is 0 Å². The smallest absolute Gasteiger partial charge is 0.194 e. The van der Waals surface area contributed by atoms with Gasteiger partial charge in [-0.25, -0.2) is 0 Å². The molecule has 5 nitrogen and oxygen atoms in total. The molecule has 0 spiro atoms. The average Bonchev–Trinajstić information content (AvgIpc) is 3.08. The Morgan fingerprint density at radius 1 is 1.15 bits per heavy atom. The van der Waals surface area contributed by atoms with Crippen LogP contribution in [0.4, 0.5) is 0 Å². The number of aromatic nitrogens is 2. The number of aryl methyl sites for hydroxylation is 1. The number of nitrogens with one attached hydrogen (secondary N) is 1. The number of hydrogen-bond donors (Lipinski definition) is 1. The monoisotopic (exact) mass is 347 g/mol. The Bertz CT molecular complexity index is 867. The number of guanidine groups is 1. The molecule has 1 N–H and O–H groups in total. The highest BCUT2D eigenvalue weighted by Crippen LogP contribution is 2.17. The van der Waals surface area contributed by atoms with E-state index in [1.165, 1.54) is 11.3 Å². The summed E-state index contributed by atoms with van der Waals surface area (Å²) in [5.74, 6) is 0.870. The van der Waals surface area contributed by atoms with Crippen LogP contribution >= 0.6 is 0 Å². The van der Waals surface area contributed by atoms with Crippen LogP contribution in [0.25, 0.3) is 11.3 Å². The van der Waals surface area contributed by atoms with E-state index in [0.29, 0.717) is 6.54 Å². The highest BCUT2D eigenvalue weighted by atomic mass is 15.3. The van der Waals surface area contributed by atoms with Crippen molar-refractivity contribution in [3.8, 4) is 11.3 Å². The van der Waals surface area contributed by atoms with Crippen LogP contribution in [0.15, 0.2) is 72.0 Å². The Balaban J connectivity index is 1.65. The maximum Gasteiger partial charge on any atom is 0.194 e. The van der Waals surface area contributed by atoms with Gasteiger partial charge in [-0.05, 0) is 35.9 Å². The summed E-state index contributed by atoms with van der Waals surface area (Å²) in [6.45, 7) is 1.52. The first-order valence-electron chi connectivity index (χ1n) is 8.69. The van der Waals surface area contributed by atoms with Gasteiger partial charge >= 0.3 is 0 Å². The Morgan fingerprint density at radius 3 is 2.73 bits per heavy atom. The summed E-state index contributed by atoms with van der Waals surface area (Å²) < 4.78 is 2.13. The van der Waals surface area contributed by atoms with Crippen molar-refractivity contribution < 1.29 is 0 Å². The summed E-state index contributed by atoms with van der Waals surface area (Å²) in [7, 11) is 5.92. The highest BCUT2D eigenvalue weighted by Gasteiger charge is 2.08. The topological polar surface area (TPSA) is 45.5 Å². The van der Waals surface area contributed by atoms with Crippen LogP contribution in [0, 0.1) is 0 Å². The van der Waals surface area contributed by atoms with E-state index in [1.54, 1.807) is 0 Å². The first-order chi connectivity index (χ1) is 12.7. The van der Waals surface area contributed by atoms with Gasteiger partial charge in [-0.3, -0.25) is 9.98 Å². The lowest BCUT2D eigenvalue weighted by Gasteiger charge is -2.22. The zero-order valence-corrected chi connectivity index (χ0v) is 15.6. The first kappa shape index (κ1) is 17.7. The lowest BCUT2D eigenvalue weighted by Crippen LogP contribution is -2.38. The van der Waals surface area contributed by atoms with Crippen molar-refractivity contribution in [2.24, 2.45) is 12.0 Å². The van der Waals surface area contributed by atoms with E-state index in [2.05, 4.69) is 74.4 Å². The molecule has 0 saturated heterocycles. The van der Waals surface area contributed by atoms with Gasteiger partial charge in [-0.2, -0.15) is 0 Å². The minimum Gasteiger partial charge on any atom is -0.353 e. The molecule has 0 amide bonds. The normalized spacial score (nSPS) is 11.4. The van der Waals surface area contributed by atoms with Crippen molar-refractivity contribution in [1.82, 2.24) is 19.8 Å². The Hall–Kier alpha value is -3.08. The minimum absolute atomic E-state index is 0.713. The van der Waals surface area contributed by atoms with E-state index < -0.39 is 0 Å². The lowest BCUT2D eigenvalue weighted by molar-refractivity contribution is 0.462. The Kier molecular flexibility index (Phi) is 5.69. The quantitative estimate of drug-likeness (QED) is 0.569. The average molecular weight is 347 g/mol. The molecular weight excluding hydrogens is 322 g/mol. The van der Waals surface area contributed by atoms with Crippen molar-refractivity contribution in [3.05, 3.63) is 78.2 Å². The molecule has 0 atom stereocenters. The molecule has 0 aliphatic heterocycles. The Labute approximate surface area is 155 Å². The molecule has 134 valence electrons. The molecule has 0 saturated carbocycles. The standard InChI is InChI=1S/C21H25N5/c1-22-21(26(3)16-19-10-7-13-25(19)2)24-15-17-8-6-9-18(14-17)20-11-4-5-12-23-20/h4-14H,15-16H2,1-3H3,(H,22,24). The SMILES string of the molecule is CN=C(NCc1cccc(-c2ccccn2)c1)N(C)Cc1cccn1C. The van der Waals surface area contributed by atoms with E-state index in [0.717, 1.165) is 23.8 Å². The molecule has 3 aromatic rings. The van der Waals surface area contributed by atoms with Gasteiger partial charge in [0.2, 0.25) is 0 Å². The van der Waals surface area contributed by atoms with Gasteiger partial charge in [0.05, 0.1) is 12.2 Å². The van der Waals surface area contributed by atoms with Gasteiger partial charge in [0.15, 0.2) is 5.96 Å². The second kappa shape index (κ2) is 8.34. The molecule has 0 aliphatic rings. The highest BCUT2D eigenvalue weighted by molar-refractivity contribution is 5.79. The number of aliphatic imine (C=N–C) groups is 1. The van der Waals surface area contributed by atoms with Crippen molar-refractivity contribution >= 4 is 5.96 Å². The lowest BCUT2D eigenvalue weighted by atomic mass is 10.1. The van der Waals surface area contributed by atoms with Crippen LogP contribution in [-0.4, -0.2) is 34.5 Å². The van der Waals surface area contributed by atoms with Crippen molar-refractivity contribution in [3.63, 3.8) is 0 Å². The van der Waals surface area contributed by atoms with Crippen molar-refractivity contribution in [2.75, 3.05) is 14.1 Å². The summed E-state index contributed by atoms with van der Waals surface area (Å²) in [4.78, 5) is 11.0. The number of rotatable bonds is 5. The predicted octanol–water partition coefficient (Wildman–Crippen LogP) is 3.29. The van der Waals surface area contributed by atoms with Crippen LogP contribution in [0.5, 0.6) is 0 Å². The molecule has 0 fully saturated rings. The summed E-state index contributed by atoms with van der Waals surface area (Å²) in [6, 6.07) is 18.6. The molecular formula is C21H25N5. The molecule has 3 rings (SSSR count). The largest absolute Gasteiger partial charge is 0.353 e. The molecule has 2 aromatic heterocycles. The van der Waals surface area contributed by atoms with Crippen molar-refractivity contribution in [2.45, 2.75) is 13.1 Å². The van der Waals surface area contributed by atoms with E-state index >= 15 is 0 Å². The number of hydrogen-bond acceptors (Lipinski definition) is 2. The maximum absolute atomic E-state index is 4.43. The third-order valence-electron chi connectivity index (χ3n) is 4.36. The molecule has 2 heterocycles. The number of benzene rings is 1. The molecule has 0 unspecified atom stereocenters. The van der Waals surface area contributed by atoms with E-state index in [-0.39, 0.29) is 0 Å². The second-order valence-corrected chi connectivity index (χ2v) is 6.28. The second-order valence-electron chi connectivity index (χ2n) is 6.28. The minimum atomic E-state index is 0.713.